The van der Waals surface area contributed by atoms with Gasteiger partial charge in [0.1, 0.15) is 0 Å². The van der Waals surface area contributed by atoms with Crippen molar-refractivity contribution in [3.8, 4) is 0 Å². The Balaban J connectivity index is 2.70. The Bertz CT molecular complexity index is 630. The summed E-state index contributed by atoms with van der Waals surface area (Å²) >= 11 is 0. The van der Waals surface area contributed by atoms with E-state index in [0.29, 0.717) is 17.4 Å². The van der Waals surface area contributed by atoms with E-state index in [4.69, 9.17) is 9.97 Å². The van der Waals surface area contributed by atoms with Crippen LogP contribution in [0.15, 0.2) is 18.2 Å². The van der Waals surface area contributed by atoms with Crippen LogP contribution in [0.1, 0.15) is 68.2 Å². The quantitative estimate of drug-likeness (QED) is 0.777. The summed E-state index contributed by atoms with van der Waals surface area (Å²) in [6, 6.07) is 5.54. The molecular weight excluding hydrogens is 236 g/mol. The summed E-state index contributed by atoms with van der Waals surface area (Å²) in [5.74, 6) is 0.736. The van der Waals surface area contributed by atoms with E-state index in [0.717, 1.165) is 22.4 Å². The third-order valence-electron chi connectivity index (χ3n) is 3.22. The van der Waals surface area contributed by atoms with Gasteiger partial charge in [-0.05, 0) is 37.0 Å². The molecule has 0 N–H and O–H groups in total. The zero-order valence-corrected chi connectivity index (χ0v) is 12.2. The van der Waals surface area contributed by atoms with Crippen molar-refractivity contribution in [3.05, 3.63) is 35.2 Å². The maximum atomic E-state index is 11.4. The van der Waals surface area contributed by atoms with Crippen LogP contribution in [-0.4, -0.2) is 15.8 Å². The summed E-state index contributed by atoms with van der Waals surface area (Å²) in [5.41, 5.74) is 4.44. The molecule has 2 rings (SSSR count). The van der Waals surface area contributed by atoms with Crippen LogP contribution in [-0.2, 0) is 0 Å². The topological polar surface area (TPSA) is 42.9 Å². The smallest absolute Gasteiger partial charge is 0.159 e. The average molecular weight is 256 g/mol. The molecule has 0 amide bonds. The second-order valence-corrected chi connectivity index (χ2v) is 5.56. The molecule has 1 heterocycles. The number of nitrogens with zero attached hydrogens (tertiary/aromatic N) is 2. The first-order valence-corrected chi connectivity index (χ1v) is 6.72. The van der Waals surface area contributed by atoms with Crippen LogP contribution >= 0.6 is 0 Å². The molecule has 0 radical (unpaired) electrons. The summed E-state index contributed by atoms with van der Waals surface area (Å²) in [4.78, 5) is 20.9. The molecule has 0 unspecified atom stereocenters. The lowest BCUT2D eigenvalue weighted by Crippen LogP contribution is -2.06. The van der Waals surface area contributed by atoms with Gasteiger partial charge in [-0.1, -0.05) is 27.7 Å². The highest BCUT2D eigenvalue weighted by atomic mass is 16.1. The Kier molecular flexibility index (Phi) is 3.65. The van der Waals surface area contributed by atoms with E-state index in [1.54, 1.807) is 6.92 Å². The zero-order chi connectivity index (χ0) is 14.2. The lowest BCUT2D eigenvalue weighted by molar-refractivity contribution is 0.101. The molecule has 1 aromatic heterocycles. The Morgan fingerprint density at radius 1 is 0.947 bits per heavy atom. The molecule has 0 aliphatic heterocycles. The normalized spacial score (nSPS) is 11.5. The third kappa shape index (κ3) is 2.65. The zero-order valence-electron chi connectivity index (χ0n) is 12.2. The van der Waals surface area contributed by atoms with Crippen molar-refractivity contribution in [1.29, 1.82) is 0 Å². The van der Waals surface area contributed by atoms with Crippen molar-refractivity contribution in [3.63, 3.8) is 0 Å². The van der Waals surface area contributed by atoms with E-state index < -0.39 is 0 Å². The summed E-state index contributed by atoms with van der Waals surface area (Å²) in [7, 11) is 0. The molecule has 0 bridgehead atoms. The standard InChI is InChI=1S/C16H20N2O/c1-9(2)15-16(10(3)4)18-14-8-12(11(5)19)6-7-13(14)17-15/h6-10H,1-5H3. The van der Waals surface area contributed by atoms with E-state index in [9.17, 15) is 4.79 Å². The minimum absolute atomic E-state index is 0.0581. The maximum absolute atomic E-state index is 11.4. The van der Waals surface area contributed by atoms with Crippen molar-refractivity contribution < 1.29 is 4.79 Å². The molecule has 0 aliphatic carbocycles. The van der Waals surface area contributed by atoms with Gasteiger partial charge in [-0.15, -0.1) is 0 Å². The third-order valence-corrected chi connectivity index (χ3v) is 3.22. The van der Waals surface area contributed by atoms with Crippen LogP contribution in [0.3, 0.4) is 0 Å². The van der Waals surface area contributed by atoms with Gasteiger partial charge in [0, 0.05) is 5.56 Å². The van der Waals surface area contributed by atoms with Gasteiger partial charge >= 0.3 is 0 Å². The fraction of sp³-hybridized carbons (Fsp3) is 0.438. The molecule has 19 heavy (non-hydrogen) atoms. The van der Waals surface area contributed by atoms with Crippen LogP contribution in [0.4, 0.5) is 0 Å². The number of ketones is 1. The lowest BCUT2D eigenvalue weighted by atomic mass is 10.00. The van der Waals surface area contributed by atoms with Crippen LogP contribution in [0.25, 0.3) is 11.0 Å². The number of hydrogen-bond donors (Lipinski definition) is 0. The van der Waals surface area contributed by atoms with Crippen molar-refractivity contribution >= 4 is 16.8 Å². The van der Waals surface area contributed by atoms with Gasteiger partial charge in [-0.3, -0.25) is 4.79 Å². The van der Waals surface area contributed by atoms with E-state index >= 15 is 0 Å². The van der Waals surface area contributed by atoms with Crippen molar-refractivity contribution in [2.75, 3.05) is 0 Å². The van der Waals surface area contributed by atoms with E-state index in [1.165, 1.54) is 0 Å². The number of carbonyl (C=O) groups is 1. The minimum Gasteiger partial charge on any atom is -0.295 e. The highest BCUT2D eigenvalue weighted by Crippen LogP contribution is 2.25. The first-order chi connectivity index (χ1) is 8.90. The fourth-order valence-electron chi connectivity index (χ4n) is 2.15. The van der Waals surface area contributed by atoms with Crippen LogP contribution in [0.5, 0.6) is 0 Å². The first-order valence-electron chi connectivity index (χ1n) is 6.72. The number of carbonyl (C=O) groups excluding carboxylic acids is 1. The number of Topliss-reactive ketones (excluding diaryl/α,β-unsaturated/α-hetero) is 1. The molecule has 3 nitrogen and oxygen atoms in total. The largest absolute Gasteiger partial charge is 0.295 e. The van der Waals surface area contributed by atoms with Gasteiger partial charge in [0.2, 0.25) is 0 Å². The van der Waals surface area contributed by atoms with E-state index in [1.807, 2.05) is 18.2 Å². The summed E-state index contributed by atoms with van der Waals surface area (Å²) in [5, 5.41) is 0. The molecule has 2 aromatic rings. The molecule has 0 aliphatic rings. The molecule has 0 fully saturated rings. The lowest BCUT2D eigenvalue weighted by Gasteiger charge is -2.15. The van der Waals surface area contributed by atoms with Gasteiger partial charge in [-0.2, -0.15) is 0 Å². The number of hydrogen-bond acceptors (Lipinski definition) is 3. The van der Waals surface area contributed by atoms with E-state index in [2.05, 4.69) is 27.7 Å². The summed E-state index contributed by atoms with van der Waals surface area (Å²) in [6.07, 6.45) is 0. The molecule has 1 aromatic carbocycles. The van der Waals surface area contributed by atoms with E-state index in [-0.39, 0.29) is 5.78 Å². The van der Waals surface area contributed by atoms with Crippen molar-refractivity contribution in [2.45, 2.75) is 46.5 Å². The predicted octanol–water partition coefficient (Wildman–Crippen LogP) is 4.08. The second kappa shape index (κ2) is 5.08. The number of benzene rings is 1. The van der Waals surface area contributed by atoms with Crippen LogP contribution in [0, 0.1) is 0 Å². The predicted molar refractivity (Wildman–Crippen MR) is 77.7 cm³/mol. The number of rotatable bonds is 3. The fourth-order valence-corrected chi connectivity index (χ4v) is 2.15. The van der Waals surface area contributed by atoms with Gasteiger partial charge < -0.3 is 0 Å². The van der Waals surface area contributed by atoms with Gasteiger partial charge in [-0.25, -0.2) is 9.97 Å². The van der Waals surface area contributed by atoms with Crippen LogP contribution in [0.2, 0.25) is 0 Å². The molecule has 0 spiro atoms. The SMILES string of the molecule is CC(=O)c1ccc2nc(C(C)C)c(C(C)C)nc2c1. The molecular formula is C16H20N2O. The molecule has 3 heteroatoms. The highest BCUT2D eigenvalue weighted by Gasteiger charge is 2.15. The average Bonchev–Trinajstić information content (AvgIpc) is 2.36. The van der Waals surface area contributed by atoms with Crippen LogP contribution < -0.4 is 0 Å². The molecule has 0 saturated heterocycles. The van der Waals surface area contributed by atoms with Crippen molar-refractivity contribution in [2.24, 2.45) is 0 Å². The Morgan fingerprint density at radius 2 is 1.47 bits per heavy atom. The Morgan fingerprint density at radius 3 is 1.95 bits per heavy atom. The Labute approximate surface area is 114 Å². The number of fused-ring (bicyclic) bond motifs is 1. The highest BCUT2D eigenvalue weighted by molar-refractivity contribution is 5.97. The number of aromatic nitrogens is 2. The minimum atomic E-state index is 0.0581. The molecule has 0 saturated carbocycles. The molecule has 100 valence electrons. The summed E-state index contributed by atoms with van der Waals surface area (Å²) in [6.45, 7) is 10.1. The van der Waals surface area contributed by atoms with Crippen molar-refractivity contribution in [1.82, 2.24) is 9.97 Å². The van der Waals surface area contributed by atoms with Gasteiger partial charge in [0.15, 0.2) is 5.78 Å². The second-order valence-electron chi connectivity index (χ2n) is 5.56. The Hall–Kier alpha value is -1.77. The summed E-state index contributed by atoms with van der Waals surface area (Å²) < 4.78 is 0. The van der Waals surface area contributed by atoms with Gasteiger partial charge in [0.25, 0.3) is 0 Å². The monoisotopic (exact) mass is 256 g/mol. The first kappa shape index (κ1) is 13.7. The molecule has 0 atom stereocenters. The van der Waals surface area contributed by atoms with Gasteiger partial charge in [0.05, 0.1) is 22.4 Å². The maximum Gasteiger partial charge on any atom is 0.159 e.